The molecule has 0 spiro atoms. The third-order valence-corrected chi connectivity index (χ3v) is 3.36. The molecule has 5 heteroatoms. The number of esters is 1. The molecule has 5 nitrogen and oxygen atoms in total. The number of aromatic nitrogens is 2. The molecule has 17 heavy (non-hydrogen) atoms. The van der Waals surface area contributed by atoms with Crippen LogP contribution in [0.3, 0.4) is 0 Å². The fraction of sp³-hybridized carbons (Fsp3) is 0.667. The summed E-state index contributed by atoms with van der Waals surface area (Å²) in [5.74, 6) is 0.0451. The van der Waals surface area contributed by atoms with Crippen molar-refractivity contribution in [2.24, 2.45) is 5.92 Å². The molecule has 0 N–H and O–H groups in total. The number of rotatable bonds is 4. The van der Waals surface area contributed by atoms with Crippen molar-refractivity contribution in [2.45, 2.75) is 19.4 Å². The highest BCUT2D eigenvalue weighted by molar-refractivity contribution is 5.72. The van der Waals surface area contributed by atoms with Crippen molar-refractivity contribution in [1.29, 1.82) is 0 Å². The lowest BCUT2D eigenvalue weighted by Crippen LogP contribution is -2.38. The van der Waals surface area contributed by atoms with Gasteiger partial charge < -0.3 is 14.2 Å². The maximum absolute atomic E-state index is 11.4. The summed E-state index contributed by atoms with van der Waals surface area (Å²) in [5, 5.41) is 0. The number of hydrogen-bond acceptors (Lipinski definition) is 4. The zero-order valence-electron chi connectivity index (χ0n) is 10.2. The van der Waals surface area contributed by atoms with Gasteiger partial charge in [-0.3, -0.25) is 4.79 Å². The summed E-state index contributed by atoms with van der Waals surface area (Å²) in [7, 11) is 1.47. The van der Waals surface area contributed by atoms with Gasteiger partial charge in [0.05, 0.1) is 19.4 Å². The molecule has 1 aromatic rings. The molecular formula is C12H19N3O2. The molecule has 0 aliphatic carbocycles. The summed E-state index contributed by atoms with van der Waals surface area (Å²) in [4.78, 5) is 17.8. The molecule has 1 aromatic heterocycles. The summed E-state index contributed by atoms with van der Waals surface area (Å²) in [6.07, 6.45) is 7.43. The number of methoxy groups -OCH3 is 1. The molecule has 1 saturated heterocycles. The van der Waals surface area contributed by atoms with E-state index in [1.54, 1.807) is 6.20 Å². The van der Waals surface area contributed by atoms with E-state index in [1.165, 1.54) is 7.11 Å². The van der Waals surface area contributed by atoms with Gasteiger partial charge in [0.2, 0.25) is 0 Å². The predicted molar refractivity (Wildman–Crippen MR) is 63.4 cm³/mol. The second kappa shape index (κ2) is 5.82. The monoisotopic (exact) mass is 237 g/mol. The topological polar surface area (TPSA) is 47.4 Å². The van der Waals surface area contributed by atoms with Crippen LogP contribution < -0.4 is 0 Å². The first-order chi connectivity index (χ1) is 8.29. The Hall–Kier alpha value is -1.36. The van der Waals surface area contributed by atoms with Gasteiger partial charge in [-0.15, -0.1) is 0 Å². The molecule has 0 bridgehead atoms. The van der Waals surface area contributed by atoms with Crippen LogP contribution in [0.15, 0.2) is 18.7 Å². The lowest BCUT2D eigenvalue weighted by molar-refractivity contribution is -0.147. The van der Waals surface area contributed by atoms with Crippen molar-refractivity contribution >= 4 is 5.97 Å². The SMILES string of the molecule is COC(=O)C1CCN(CCn2ccnc2)CC1. The van der Waals surface area contributed by atoms with Crippen molar-refractivity contribution in [3.8, 4) is 0 Å². The van der Waals surface area contributed by atoms with Gasteiger partial charge in [0.15, 0.2) is 0 Å². The Morgan fingerprint density at radius 2 is 2.18 bits per heavy atom. The van der Waals surface area contributed by atoms with Crippen LogP contribution in [-0.2, 0) is 16.1 Å². The standard InChI is InChI=1S/C12H19N3O2/c1-17-12(16)11-2-5-14(6-3-11)8-9-15-7-4-13-10-15/h4,7,10-11H,2-3,5-6,8-9H2,1H3. The first-order valence-electron chi connectivity index (χ1n) is 6.05. The van der Waals surface area contributed by atoms with Crippen LogP contribution >= 0.6 is 0 Å². The van der Waals surface area contributed by atoms with E-state index in [0.717, 1.165) is 39.0 Å². The molecule has 2 rings (SSSR count). The van der Waals surface area contributed by atoms with Crippen LogP contribution in [0.25, 0.3) is 0 Å². The van der Waals surface area contributed by atoms with Gasteiger partial charge in [-0.25, -0.2) is 4.98 Å². The van der Waals surface area contributed by atoms with Crippen molar-refractivity contribution in [3.05, 3.63) is 18.7 Å². The van der Waals surface area contributed by atoms with Crippen LogP contribution in [0.2, 0.25) is 0 Å². The minimum Gasteiger partial charge on any atom is -0.469 e. The molecule has 0 amide bonds. The van der Waals surface area contributed by atoms with Gasteiger partial charge in [0, 0.05) is 25.5 Å². The molecule has 0 saturated carbocycles. The van der Waals surface area contributed by atoms with Crippen LogP contribution in [0.5, 0.6) is 0 Å². The summed E-state index contributed by atoms with van der Waals surface area (Å²) in [6, 6.07) is 0. The van der Waals surface area contributed by atoms with E-state index in [4.69, 9.17) is 4.74 Å². The molecular weight excluding hydrogens is 218 g/mol. The van der Waals surface area contributed by atoms with Gasteiger partial charge in [0.25, 0.3) is 0 Å². The fourth-order valence-corrected chi connectivity index (χ4v) is 2.23. The van der Waals surface area contributed by atoms with E-state index in [9.17, 15) is 4.79 Å². The Kier molecular flexibility index (Phi) is 4.14. The first-order valence-corrected chi connectivity index (χ1v) is 6.05. The Labute approximate surface area is 101 Å². The number of ether oxygens (including phenoxy) is 1. The van der Waals surface area contributed by atoms with Gasteiger partial charge in [-0.2, -0.15) is 0 Å². The van der Waals surface area contributed by atoms with Gasteiger partial charge >= 0.3 is 5.97 Å². The molecule has 0 radical (unpaired) electrons. The molecule has 0 aromatic carbocycles. The van der Waals surface area contributed by atoms with E-state index >= 15 is 0 Å². The number of piperidine rings is 1. The van der Waals surface area contributed by atoms with Crippen molar-refractivity contribution in [1.82, 2.24) is 14.5 Å². The summed E-state index contributed by atoms with van der Waals surface area (Å²) < 4.78 is 6.85. The van der Waals surface area contributed by atoms with E-state index < -0.39 is 0 Å². The Balaban J connectivity index is 1.70. The highest BCUT2D eigenvalue weighted by atomic mass is 16.5. The third kappa shape index (κ3) is 3.30. The van der Waals surface area contributed by atoms with E-state index in [0.29, 0.717) is 0 Å². The predicted octanol–water partition coefficient (Wildman–Crippen LogP) is 0.768. The number of carbonyl (C=O) groups excluding carboxylic acids is 1. The van der Waals surface area contributed by atoms with Crippen molar-refractivity contribution in [2.75, 3.05) is 26.7 Å². The smallest absolute Gasteiger partial charge is 0.308 e. The molecule has 0 unspecified atom stereocenters. The van der Waals surface area contributed by atoms with Crippen molar-refractivity contribution in [3.63, 3.8) is 0 Å². The number of nitrogens with zero attached hydrogens (tertiary/aromatic N) is 3. The van der Waals surface area contributed by atoms with Crippen LogP contribution in [0, 0.1) is 5.92 Å². The van der Waals surface area contributed by atoms with Crippen molar-refractivity contribution < 1.29 is 9.53 Å². The minimum atomic E-state index is -0.0562. The van der Waals surface area contributed by atoms with Crippen LogP contribution in [-0.4, -0.2) is 47.2 Å². The van der Waals surface area contributed by atoms with Crippen LogP contribution in [0.4, 0.5) is 0 Å². The number of likely N-dealkylation sites (tertiary alicyclic amines) is 1. The quantitative estimate of drug-likeness (QED) is 0.726. The normalized spacial score (nSPS) is 18.2. The third-order valence-electron chi connectivity index (χ3n) is 3.36. The second-order valence-electron chi connectivity index (χ2n) is 4.44. The zero-order valence-corrected chi connectivity index (χ0v) is 10.2. The average Bonchev–Trinajstić information content (AvgIpc) is 2.89. The molecule has 1 fully saturated rings. The second-order valence-corrected chi connectivity index (χ2v) is 4.44. The largest absolute Gasteiger partial charge is 0.469 e. The summed E-state index contributed by atoms with van der Waals surface area (Å²) in [6.45, 7) is 3.94. The summed E-state index contributed by atoms with van der Waals surface area (Å²) >= 11 is 0. The Bertz CT molecular complexity index is 343. The van der Waals surface area contributed by atoms with E-state index in [2.05, 4.69) is 14.5 Å². The number of imidazole rings is 1. The maximum atomic E-state index is 11.4. The lowest BCUT2D eigenvalue weighted by atomic mass is 9.97. The van der Waals surface area contributed by atoms with E-state index in [-0.39, 0.29) is 11.9 Å². The van der Waals surface area contributed by atoms with Crippen LogP contribution in [0.1, 0.15) is 12.8 Å². The fourth-order valence-electron chi connectivity index (χ4n) is 2.23. The number of carbonyl (C=O) groups is 1. The molecule has 0 atom stereocenters. The Morgan fingerprint density at radius 3 is 2.76 bits per heavy atom. The Morgan fingerprint density at radius 1 is 1.41 bits per heavy atom. The highest BCUT2D eigenvalue weighted by Crippen LogP contribution is 2.18. The summed E-state index contributed by atoms with van der Waals surface area (Å²) in [5.41, 5.74) is 0. The van der Waals surface area contributed by atoms with Gasteiger partial charge in [-0.05, 0) is 25.9 Å². The molecule has 1 aliphatic rings. The van der Waals surface area contributed by atoms with E-state index in [1.807, 2.05) is 12.5 Å². The minimum absolute atomic E-state index is 0.0562. The molecule has 1 aliphatic heterocycles. The van der Waals surface area contributed by atoms with Gasteiger partial charge in [-0.1, -0.05) is 0 Å². The zero-order chi connectivity index (χ0) is 12.1. The maximum Gasteiger partial charge on any atom is 0.308 e. The van der Waals surface area contributed by atoms with Gasteiger partial charge in [0.1, 0.15) is 0 Å². The molecule has 94 valence electrons. The first kappa shape index (κ1) is 12.1. The lowest BCUT2D eigenvalue weighted by Gasteiger charge is -2.30. The average molecular weight is 237 g/mol. The number of hydrogen-bond donors (Lipinski definition) is 0. The molecule has 2 heterocycles. The highest BCUT2D eigenvalue weighted by Gasteiger charge is 2.25.